The van der Waals surface area contributed by atoms with Crippen LogP contribution in [0.3, 0.4) is 0 Å². The van der Waals surface area contributed by atoms with Gasteiger partial charge in [0.15, 0.2) is 0 Å². The highest BCUT2D eigenvalue weighted by Crippen LogP contribution is 2.21. The van der Waals surface area contributed by atoms with Gasteiger partial charge in [-0.15, -0.1) is 0 Å². The number of methoxy groups -OCH3 is 1. The lowest BCUT2D eigenvalue weighted by Crippen LogP contribution is -1.87. The predicted octanol–water partition coefficient (Wildman–Crippen LogP) is 1.59. The number of aromatic nitrogens is 1. The minimum atomic E-state index is -0.145. The molecule has 0 radical (unpaired) electrons. The molecule has 0 aliphatic carbocycles. The highest BCUT2D eigenvalue weighted by Gasteiger charge is 2.01. The van der Waals surface area contributed by atoms with Gasteiger partial charge in [-0.05, 0) is 24.3 Å². The Balaban J connectivity index is 2.64. The summed E-state index contributed by atoms with van der Waals surface area (Å²) in [4.78, 5) is 4.24. The van der Waals surface area contributed by atoms with Gasteiger partial charge in [-0.25, -0.2) is 0 Å². The van der Waals surface area contributed by atoms with Gasteiger partial charge in [0.25, 0.3) is 0 Å². The third-order valence-corrected chi connectivity index (χ3v) is 2.25. The van der Waals surface area contributed by atoms with Crippen molar-refractivity contribution in [3.05, 3.63) is 36.0 Å². The Morgan fingerprint density at radius 2 is 2.25 bits per heavy atom. The maximum absolute atomic E-state index is 8.69. The standard InChI is InChI=1S/C13H11NO2/c1-16-11-4-5-13-12(9-11)10(3-2-8-15)6-7-14-13/h4-7,9,15H,8H2,1H3. The summed E-state index contributed by atoms with van der Waals surface area (Å²) in [7, 11) is 1.62. The lowest BCUT2D eigenvalue weighted by molar-refractivity contribution is 0.350. The molecule has 2 rings (SSSR count). The molecule has 0 aliphatic heterocycles. The summed E-state index contributed by atoms with van der Waals surface area (Å²) in [5.41, 5.74) is 1.71. The summed E-state index contributed by atoms with van der Waals surface area (Å²) in [6.07, 6.45) is 1.70. The molecule has 2 aromatic rings. The van der Waals surface area contributed by atoms with Gasteiger partial charge >= 0.3 is 0 Å². The largest absolute Gasteiger partial charge is 0.497 e. The zero-order valence-electron chi connectivity index (χ0n) is 8.90. The van der Waals surface area contributed by atoms with Crippen LogP contribution in [0.15, 0.2) is 30.5 Å². The average molecular weight is 213 g/mol. The molecule has 1 aromatic heterocycles. The Kier molecular flexibility index (Phi) is 3.04. The number of hydrogen-bond acceptors (Lipinski definition) is 3. The molecule has 3 heteroatoms. The normalized spacial score (nSPS) is 9.62. The summed E-state index contributed by atoms with van der Waals surface area (Å²) in [6, 6.07) is 7.46. The second-order valence-electron chi connectivity index (χ2n) is 3.20. The van der Waals surface area contributed by atoms with Gasteiger partial charge in [-0.3, -0.25) is 4.98 Å². The first-order valence-corrected chi connectivity index (χ1v) is 4.87. The Hall–Kier alpha value is -2.05. The quantitative estimate of drug-likeness (QED) is 0.731. The molecular weight excluding hydrogens is 202 g/mol. The van der Waals surface area contributed by atoms with Gasteiger partial charge in [-0.1, -0.05) is 11.8 Å². The molecule has 0 saturated heterocycles. The minimum Gasteiger partial charge on any atom is -0.497 e. The van der Waals surface area contributed by atoms with Gasteiger partial charge in [-0.2, -0.15) is 0 Å². The zero-order valence-corrected chi connectivity index (χ0v) is 8.90. The summed E-state index contributed by atoms with van der Waals surface area (Å²) < 4.78 is 5.16. The second kappa shape index (κ2) is 4.65. The van der Waals surface area contributed by atoms with E-state index in [0.717, 1.165) is 22.2 Å². The Morgan fingerprint density at radius 3 is 3.00 bits per heavy atom. The predicted molar refractivity (Wildman–Crippen MR) is 62.3 cm³/mol. The van der Waals surface area contributed by atoms with E-state index in [-0.39, 0.29) is 6.61 Å². The van der Waals surface area contributed by atoms with Crippen molar-refractivity contribution in [3.8, 4) is 17.6 Å². The van der Waals surface area contributed by atoms with Crippen molar-refractivity contribution >= 4 is 10.9 Å². The molecule has 0 atom stereocenters. The van der Waals surface area contributed by atoms with Crippen LogP contribution in [0.4, 0.5) is 0 Å². The van der Waals surface area contributed by atoms with Crippen molar-refractivity contribution < 1.29 is 9.84 Å². The Labute approximate surface area is 93.7 Å². The van der Waals surface area contributed by atoms with E-state index in [1.165, 1.54) is 0 Å². The van der Waals surface area contributed by atoms with E-state index in [1.807, 2.05) is 24.3 Å². The van der Waals surface area contributed by atoms with Crippen molar-refractivity contribution in [3.63, 3.8) is 0 Å². The molecule has 0 bridgehead atoms. The molecule has 0 fully saturated rings. The molecular formula is C13H11NO2. The zero-order chi connectivity index (χ0) is 11.4. The van der Waals surface area contributed by atoms with Crippen LogP contribution >= 0.6 is 0 Å². The number of nitrogens with zero attached hydrogens (tertiary/aromatic N) is 1. The Bertz CT molecular complexity index is 567. The maximum atomic E-state index is 8.69. The molecule has 80 valence electrons. The number of aliphatic hydroxyl groups excluding tert-OH is 1. The SMILES string of the molecule is COc1ccc2nccc(C#CCO)c2c1. The smallest absolute Gasteiger partial charge is 0.119 e. The number of fused-ring (bicyclic) bond motifs is 1. The van der Waals surface area contributed by atoms with Crippen molar-refractivity contribution in [2.45, 2.75) is 0 Å². The highest BCUT2D eigenvalue weighted by molar-refractivity contribution is 5.86. The van der Waals surface area contributed by atoms with E-state index in [1.54, 1.807) is 13.3 Å². The van der Waals surface area contributed by atoms with Gasteiger partial charge in [0.1, 0.15) is 12.4 Å². The van der Waals surface area contributed by atoms with Crippen LogP contribution < -0.4 is 4.74 Å². The third kappa shape index (κ3) is 1.97. The second-order valence-corrected chi connectivity index (χ2v) is 3.20. The molecule has 0 saturated carbocycles. The topological polar surface area (TPSA) is 42.4 Å². The highest BCUT2D eigenvalue weighted by atomic mass is 16.5. The van der Waals surface area contributed by atoms with E-state index < -0.39 is 0 Å². The van der Waals surface area contributed by atoms with Crippen LogP contribution in [-0.2, 0) is 0 Å². The van der Waals surface area contributed by atoms with E-state index in [4.69, 9.17) is 9.84 Å². The molecule has 0 spiro atoms. The fourth-order valence-corrected chi connectivity index (χ4v) is 1.50. The molecule has 3 nitrogen and oxygen atoms in total. The summed E-state index contributed by atoms with van der Waals surface area (Å²) >= 11 is 0. The van der Waals surface area contributed by atoms with Crippen LogP contribution in [0.25, 0.3) is 10.9 Å². The first-order valence-electron chi connectivity index (χ1n) is 4.87. The molecule has 0 aliphatic rings. The first-order chi connectivity index (χ1) is 7.85. The minimum absolute atomic E-state index is 0.145. The van der Waals surface area contributed by atoms with Crippen molar-refractivity contribution in [2.75, 3.05) is 13.7 Å². The number of pyridine rings is 1. The van der Waals surface area contributed by atoms with Crippen molar-refractivity contribution in [2.24, 2.45) is 0 Å². The summed E-state index contributed by atoms with van der Waals surface area (Å²) in [5.74, 6) is 6.30. The molecule has 0 unspecified atom stereocenters. The van der Waals surface area contributed by atoms with E-state index in [9.17, 15) is 0 Å². The van der Waals surface area contributed by atoms with Gasteiger partial charge in [0, 0.05) is 17.1 Å². The van der Waals surface area contributed by atoms with Crippen LogP contribution in [0, 0.1) is 11.8 Å². The molecule has 16 heavy (non-hydrogen) atoms. The number of rotatable bonds is 1. The number of hydrogen-bond donors (Lipinski definition) is 1. The van der Waals surface area contributed by atoms with Gasteiger partial charge in [0.05, 0.1) is 12.6 Å². The lowest BCUT2D eigenvalue weighted by atomic mass is 10.1. The van der Waals surface area contributed by atoms with Crippen LogP contribution in [-0.4, -0.2) is 23.8 Å². The van der Waals surface area contributed by atoms with E-state index in [2.05, 4.69) is 16.8 Å². The monoisotopic (exact) mass is 213 g/mol. The van der Waals surface area contributed by atoms with Gasteiger partial charge in [0.2, 0.25) is 0 Å². The third-order valence-electron chi connectivity index (χ3n) is 2.25. The maximum Gasteiger partial charge on any atom is 0.119 e. The van der Waals surface area contributed by atoms with Crippen LogP contribution in [0.2, 0.25) is 0 Å². The number of aliphatic hydroxyl groups is 1. The van der Waals surface area contributed by atoms with Crippen LogP contribution in [0.5, 0.6) is 5.75 Å². The average Bonchev–Trinajstić information content (AvgIpc) is 2.35. The Morgan fingerprint density at radius 1 is 1.38 bits per heavy atom. The molecule has 1 N–H and O–H groups in total. The number of benzene rings is 1. The fourth-order valence-electron chi connectivity index (χ4n) is 1.50. The van der Waals surface area contributed by atoms with E-state index in [0.29, 0.717) is 0 Å². The number of ether oxygens (including phenoxy) is 1. The van der Waals surface area contributed by atoms with Crippen molar-refractivity contribution in [1.82, 2.24) is 4.98 Å². The van der Waals surface area contributed by atoms with Gasteiger partial charge < -0.3 is 9.84 Å². The lowest BCUT2D eigenvalue weighted by Gasteiger charge is -2.03. The fraction of sp³-hybridized carbons (Fsp3) is 0.154. The van der Waals surface area contributed by atoms with Crippen molar-refractivity contribution in [1.29, 1.82) is 0 Å². The summed E-state index contributed by atoms with van der Waals surface area (Å²) in [6.45, 7) is -0.145. The van der Waals surface area contributed by atoms with Crippen LogP contribution in [0.1, 0.15) is 5.56 Å². The molecule has 1 aromatic carbocycles. The molecule has 0 amide bonds. The summed E-state index contributed by atoms with van der Waals surface area (Å²) in [5, 5.41) is 9.62. The first kappa shape index (κ1) is 10.5. The molecule has 1 heterocycles. The van der Waals surface area contributed by atoms with E-state index >= 15 is 0 Å².